The second-order valence-corrected chi connectivity index (χ2v) is 8.21. The average Bonchev–Trinajstić information content (AvgIpc) is 3.40. The van der Waals surface area contributed by atoms with E-state index in [-0.39, 0.29) is 11.8 Å². The molecular formula is C22H26N8O2. The van der Waals surface area contributed by atoms with E-state index in [0.29, 0.717) is 13.0 Å². The molecule has 0 unspecified atom stereocenters. The Balaban J connectivity index is 1.14. The van der Waals surface area contributed by atoms with Crippen LogP contribution in [0.15, 0.2) is 36.8 Å². The molecule has 0 saturated carbocycles. The summed E-state index contributed by atoms with van der Waals surface area (Å²) >= 11 is 0. The van der Waals surface area contributed by atoms with Gasteiger partial charge in [0.25, 0.3) is 0 Å². The predicted molar refractivity (Wildman–Crippen MR) is 122 cm³/mol. The highest BCUT2D eigenvalue weighted by molar-refractivity contribution is 5.96. The van der Waals surface area contributed by atoms with Gasteiger partial charge >= 0.3 is 0 Å². The van der Waals surface area contributed by atoms with Crippen molar-refractivity contribution in [2.45, 2.75) is 12.8 Å². The first-order valence-corrected chi connectivity index (χ1v) is 10.9. The molecule has 1 N–H and O–H groups in total. The van der Waals surface area contributed by atoms with Gasteiger partial charge in [-0.05, 0) is 30.7 Å². The summed E-state index contributed by atoms with van der Waals surface area (Å²) in [4.78, 5) is 39.3. The summed E-state index contributed by atoms with van der Waals surface area (Å²) < 4.78 is 1.75. The Labute approximate surface area is 185 Å². The molecule has 2 aromatic heterocycles. The van der Waals surface area contributed by atoms with E-state index in [2.05, 4.69) is 30.2 Å². The third-order valence-electron chi connectivity index (χ3n) is 6.08. The first kappa shape index (κ1) is 20.4. The molecule has 3 aromatic rings. The zero-order valence-electron chi connectivity index (χ0n) is 18.1. The van der Waals surface area contributed by atoms with Crippen LogP contribution < -0.4 is 15.1 Å². The molecule has 0 bridgehead atoms. The van der Waals surface area contributed by atoms with Crippen molar-refractivity contribution in [3.8, 4) is 0 Å². The van der Waals surface area contributed by atoms with Crippen LogP contribution in [0.5, 0.6) is 0 Å². The number of anilines is 3. The van der Waals surface area contributed by atoms with Crippen LogP contribution in [-0.4, -0.2) is 75.7 Å². The van der Waals surface area contributed by atoms with E-state index in [1.54, 1.807) is 22.1 Å². The van der Waals surface area contributed by atoms with Gasteiger partial charge in [0.05, 0.1) is 18.1 Å². The van der Waals surface area contributed by atoms with Gasteiger partial charge in [0.1, 0.15) is 12.1 Å². The van der Waals surface area contributed by atoms with Gasteiger partial charge in [-0.1, -0.05) is 0 Å². The largest absolute Gasteiger partial charge is 0.353 e. The second-order valence-electron chi connectivity index (χ2n) is 8.21. The molecule has 1 aromatic carbocycles. The summed E-state index contributed by atoms with van der Waals surface area (Å²) in [5.41, 5.74) is 2.44. The molecule has 2 amide bonds. The smallest absolute Gasteiger partial charge is 0.238 e. The lowest BCUT2D eigenvalue weighted by Crippen LogP contribution is -2.49. The molecule has 2 aliphatic rings. The van der Waals surface area contributed by atoms with Crippen molar-refractivity contribution in [2.24, 2.45) is 7.05 Å². The lowest BCUT2D eigenvalue weighted by Gasteiger charge is -2.35. The number of aryl methyl sites for hydroxylation is 1. The number of rotatable bonds is 5. The van der Waals surface area contributed by atoms with Crippen molar-refractivity contribution in [3.63, 3.8) is 0 Å². The fourth-order valence-electron chi connectivity index (χ4n) is 4.37. The lowest BCUT2D eigenvalue weighted by atomic mass is 10.2. The number of nitrogens with one attached hydrogen (secondary N) is 1. The Morgan fingerprint density at radius 3 is 2.56 bits per heavy atom. The molecule has 10 heteroatoms. The number of benzene rings is 1. The van der Waals surface area contributed by atoms with E-state index in [4.69, 9.17) is 0 Å². The van der Waals surface area contributed by atoms with Gasteiger partial charge < -0.3 is 15.1 Å². The van der Waals surface area contributed by atoms with Gasteiger partial charge in [-0.2, -0.15) is 5.10 Å². The number of fused-ring (bicyclic) bond motifs is 1. The van der Waals surface area contributed by atoms with E-state index in [1.807, 2.05) is 31.3 Å². The van der Waals surface area contributed by atoms with Crippen LogP contribution in [0.4, 0.5) is 17.2 Å². The Bertz CT molecular complexity index is 1130. The minimum atomic E-state index is -0.0415. The Kier molecular flexibility index (Phi) is 5.44. The van der Waals surface area contributed by atoms with E-state index in [0.717, 1.165) is 67.4 Å². The Morgan fingerprint density at radius 2 is 1.84 bits per heavy atom. The van der Waals surface area contributed by atoms with Gasteiger partial charge in [-0.15, -0.1) is 0 Å². The fraction of sp³-hybridized carbons (Fsp3) is 0.409. The first-order chi connectivity index (χ1) is 15.6. The number of amides is 2. The number of aromatic nitrogens is 4. The normalized spacial score (nSPS) is 17.3. The third-order valence-corrected chi connectivity index (χ3v) is 6.08. The molecule has 10 nitrogen and oxygen atoms in total. The van der Waals surface area contributed by atoms with Crippen LogP contribution in [0, 0.1) is 0 Å². The highest BCUT2D eigenvalue weighted by Gasteiger charge is 2.23. The van der Waals surface area contributed by atoms with Crippen LogP contribution in [0.2, 0.25) is 0 Å². The minimum Gasteiger partial charge on any atom is -0.353 e. The number of carbonyl (C=O) groups is 2. The van der Waals surface area contributed by atoms with Crippen molar-refractivity contribution < 1.29 is 9.59 Å². The maximum atomic E-state index is 12.5. The van der Waals surface area contributed by atoms with Gasteiger partial charge in [-0.3, -0.25) is 19.2 Å². The Hall–Kier alpha value is -3.53. The summed E-state index contributed by atoms with van der Waals surface area (Å²) in [6.45, 7) is 4.22. The summed E-state index contributed by atoms with van der Waals surface area (Å²) in [5, 5.41) is 8.19. The molecule has 4 heterocycles. The van der Waals surface area contributed by atoms with Crippen molar-refractivity contribution >= 4 is 40.0 Å². The van der Waals surface area contributed by atoms with Gasteiger partial charge in [-0.25, -0.2) is 9.97 Å². The highest BCUT2D eigenvalue weighted by Crippen LogP contribution is 2.24. The zero-order valence-corrected chi connectivity index (χ0v) is 18.1. The molecule has 2 fully saturated rings. The summed E-state index contributed by atoms with van der Waals surface area (Å²) in [6.07, 6.45) is 4.88. The number of nitrogens with zero attached hydrogens (tertiary/aromatic N) is 7. The number of carbonyl (C=O) groups excluding carboxylic acids is 2. The molecule has 0 spiro atoms. The monoisotopic (exact) mass is 434 g/mol. The van der Waals surface area contributed by atoms with Crippen molar-refractivity contribution in [2.75, 3.05) is 54.4 Å². The molecule has 166 valence electrons. The topological polar surface area (TPSA) is 99.5 Å². The average molecular weight is 435 g/mol. The second kappa shape index (κ2) is 8.54. The van der Waals surface area contributed by atoms with Gasteiger partial charge in [0, 0.05) is 57.6 Å². The van der Waals surface area contributed by atoms with Crippen LogP contribution >= 0.6 is 0 Å². The molecule has 2 aliphatic heterocycles. The maximum Gasteiger partial charge on any atom is 0.238 e. The van der Waals surface area contributed by atoms with Crippen molar-refractivity contribution in [3.05, 3.63) is 36.8 Å². The summed E-state index contributed by atoms with van der Waals surface area (Å²) in [6, 6.07) is 7.48. The van der Waals surface area contributed by atoms with Crippen molar-refractivity contribution in [1.29, 1.82) is 0 Å². The number of hydrogen-bond donors (Lipinski definition) is 1. The maximum absolute atomic E-state index is 12.5. The molecular weight excluding hydrogens is 408 g/mol. The van der Waals surface area contributed by atoms with E-state index < -0.39 is 0 Å². The van der Waals surface area contributed by atoms with E-state index >= 15 is 0 Å². The number of hydrogen-bond acceptors (Lipinski definition) is 7. The van der Waals surface area contributed by atoms with Crippen LogP contribution in [-0.2, 0) is 16.6 Å². The molecule has 5 rings (SSSR count). The molecule has 0 radical (unpaired) electrons. The van der Waals surface area contributed by atoms with Crippen LogP contribution in [0.1, 0.15) is 12.8 Å². The quantitative estimate of drug-likeness (QED) is 0.645. The van der Waals surface area contributed by atoms with Gasteiger partial charge in [0.2, 0.25) is 11.8 Å². The first-order valence-electron chi connectivity index (χ1n) is 10.9. The minimum absolute atomic E-state index is 0.0415. The van der Waals surface area contributed by atoms with Crippen LogP contribution in [0.3, 0.4) is 0 Å². The zero-order chi connectivity index (χ0) is 22.1. The molecule has 2 saturated heterocycles. The van der Waals surface area contributed by atoms with Crippen LogP contribution in [0.25, 0.3) is 11.0 Å². The predicted octanol–water partition coefficient (Wildman–Crippen LogP) is 1.25. The standard InChI is InChI=1S/C22H26N8O2/c1-27-21-18(13-25-27)22(24-15-23-21)29-11-9-28(10-12-29)14-19(31)26-16-4-6-17(7-5-16)30-8-2-3-20(30)32/h4-7,13,15H,2-3,8-12,14H2,1H3,(H,26,31). The van der Waals surface area contributed by atoms with Crippen molar-refractivity contribution in [1.82, 2.24) is 24.6 Å². The lowest BCUT2D eigenvalue weighted by molar-refractivity contribution is -0.118. The van der Waals surface area contributed by atoms with E-state index in [9.17, 15) is 9.59 Å². The third kappa shape index (κ3) is 4.01. The Morgan fingerprint density at radius 1 is 1.06 bits per heavy atom. The van der Waals surface area contributed by atoms with E-state index in [1.165, 1.54) is 0 Å². The molecule has 0 aliphatic carbocycles. The molecule has 32 heavy (non-hydrogen) atoms. The number of piperazine rings is 1. The summed E-state index contributed by atoms with van der Waals surface area (Å²) in [5.74, 6) is 1.01. The highest BCUT2D eigenvalue weighted by atomic mass is 16.2. The SMILES string of the molecule is Cn1ncc2c(N3CCN(CC(=O)Nc4ccc(N5CCCC5=O)cc4)CC3)ncnc21. The fourth-order valence-corrected chi connectivity index (χ4v) is 4.37. The molecule has 0 atom stereocenters. The summed E-state index contributed by atoms with van der Waals surface area (Å²) in [7, 11) is 1.87. The van der Waals surface area contributed by atoms with Gasteiger partial charge in [0.15, 0.2) is 5.65 Å².